The van der Waals surface area contributed by atoms with Crippen LogP contribution in [0, 0.1) is 5.92 Å². The second kappa shape index (κ2) is 7.66. The SMILES string of the molecule is O=C(NCC1CCN(CCO)CC1)Nc1ccc2c(c1)CCO2. The number of aliphatic hydroxyl groups excluding tert-OH is 1. The van der Waals surface area contributed by atoms with Gasteiger partial charge in [-0.15, -0.1) is 0 Å². The Morgan fingerprint density at radius 1 is 1.35 bits per heavy atom. The first-order valence-corrected chi connectivity index (χ1v) is 8.38. The maximum absolute atomic E-state index is 12.0. The average molecular weight is 319 g/mol. The number of urea groups is 1. The number of ether oxygens (including phenoxy) is 1. The molecule has 6 heteroatoms. The second-order valence-electron chi connectivity index (χ2n) is 6.26. The Balaban J connectivity index is 1.40. The van der Waals surface area contributed by atoms with E-state index >= 15 is 0 Å². The lowest BCUT2D eigenvalue weighted by atomic mass is 9.97. The van der Waals surface area contributed by atoms with Gasteiger partial charge in [0, 0.05) is 25.2 Å². The molecular formula is C17H25N3O3. The molecule has 0 aliphatic carbocycles. The third-order valence-corrected chi connectivity index (χ3v) is 4.62. The van der Waals surface area contributed by atoms with Crippen LogP contribution in [-0.4, -0.2) is 55.4 Å². The van der Waals surface area contributed by atoms with Gasteiger partial charge in [0.15, 0.2) is 0 Å². The zero-order valence-corrected chi connectivity index (χ0v) is 13.4. The number of fused-ring (bicyclic) bond motifs is 1. The van der Waals surface area contributed by atoms with Gasteiger partial charge in [-0.3, -0.25) is 0 Å². The van der Waals surface area contributed by atoms with Gasteiger partial charge in [0.25, 0.3) is 0 Å². The molecule has 0 radical (unpaired) electrons. The average Bonchev–Trinajstić information content (AvgIpc) is 3.02. The molecule has 2 heterocycles. The van der Waals surface area contributed by atoms with Crippen molar-refractivity contribution in [2.75, 3.05) is 44.7 Å². The summed E-state index contributed by atoms with van der Waals surface area (Å²) in [7, 11) is 0. The van der Waals surface area contributed by atoms with E-state index in [2.05, 4.69) is 15.5 Å². The van der Waals surface area contributed by atoms with Gasteiger partial charge in [-0.25, -0.2) is 4.79 Å². The van der Waals surface area contributed by atoms with Crippen LogP contribution in [0.15, 0.2) is 18.2 Å². The molecule has 0 atom stereocenters. The minimum atomic E-state index is -0.151. The number of rotatable bonds is 5. The molecule has 2 aliphatic heterocycles. The van der Waals surface area contributed by atoms with Crippen LogP contribution in [0.25, 0.3) is 0 Å². The molecule has 3 rings (SSSR count). The first kappa shape index (κ1) is 16.1. The van der Waals surface area contributed by atoms with Gasteiger partial charge >= 0.3 is 6.03 Å². The number of β-amino-alcohol motifs (C(OH)–C–C–N with tert-alkyl or cyclic N) is 1. The second-order valence-corrected chi connectivity index (χ2v) is 6.26. The first-order chi connectivity index (χ1) is 11.2. The van der Waals surface area contributed by atoms with E-state index in [9.17, 15) is 4.79 Å². The summed E-state index contributed by atoms with van der Waals surface area (Å²) in [5.74, 6) is 1.44. The summed E-state index contributed by atoms with van der Waals surface area (Å²) in [6, 6.07) is 5.61. The van der Waals surface area contributed by atoms with Gasteiger partial charge in [0.05, 0.1) is 13.2 Å². The van der Waals surface area contributed by atoms with E-state index in [4.69, 9.17) is 9.84 Å². The van der Waals surface area contributed by atoms with Crippen LogP contribution < -0.4 is 15.4 Å². The van der Waals surface area contributed by atoms with Crippen molar-refractivity contribution in [1.29, 1.82) is 0 Å². The molecule has 1 aromatic rings. The van der Waals surface area contributed by atoms with Crippen molar-refractivity contribution in [1.82, 2.24) is 10.2 Å². The van der Waals surface area contributed by atoms with Crippen molar-refractivity contribution in [2.45, 2.75) is 19.3 Å². The van der Waals surface area contributed by atoms with Gasteiger partial charge in [-0.1, -0.05) is 0 Å². The lowest BCUT2D eigenvalue weighted by Crippen LogP contribution is -2.40. The normalized spacial score (nSPS) is 18.3. The highest BCUT2D eigenvalue weighted by Crippen LogP contribution is 2.27. The zero-order chi connectivity index (χ0) is 16.1. The largest absolute Gasteiger partial charge is 0.493 e. The lowest BCUT2D eigenvalue weighted by Gasteiger charge is -2.31. The van der Waals surface area contributed by atoms with Crippen LogP contribution in [-0.2, 0) is 6.42 Å². The molecule has 2 amide bonds. The molecule has 1 fully saturated rings. The Kier molecular flexibility index (Phi) is 5.35. The van der Waals surface area contributed by atoms with Crippen molar-refractivity contribution in [3.63, 3.8) is 0 Å². The number of carbonyl (C=O) groups excluding carboxylic acids is 1. The fraction of sp³-hybridized carbons (Fsp3) is 0.588. The number of hydrogen-bond donors (Lipinski definition) is 3. The van der Waals surface area contributed by atoms with E-state index in [1.54, 1.807) is 0 Å². The van der Waals surface area contributed by atoms with E-state index in [0.29, 0.717) is 12.5 Å². The van der Waals surface area contributed by atoms with E-state index in [0.717, 1.165) is 62.5 Å². The number of aliphatic hydroxyl groups is 1. The van der Waals surface area contributed by atoms with Crippen molar-refractivity contribution in [3.05, 3.63) is 23.8 Å². The monoisotopic (exact) mass is 319 g/mol. The van der Waals surface area contributed by atoms with Gasteiger partial charge in [0.1, 0.15) is 5.75 Å². The summed E-state index contributed by atoms with van der Waals surface area (Å²) in [4.78, 5) is 14.3. The molecule has 6 nitrogen and oxygen atoms in total. The summed E-state index contributed by atoms with van der Waals surface area (Å²) in [6.07, 6.45) is 3.03. The summed E-state index contributed by atoms with van der Waals surface area (Å²) in [5, 5.41) is 14.8. The topological polar surface area (TPSA) is 73.8 Å². The quantitative estimate of drug-likeness (QED) is 0.768. The maximum Gasteiger partial charge on any atom is 0.319 e. The molecule has 23 heavy (non-hydrogen) atoms. The number of piperidine rings is 1. The van der Waals surface area contributed by atoms with E-state index in [1.807, 2.05) is 18.2 Å². The van der Waals surface area contributed by atoms with Gasteiger partial charge in [0.2, 0.25) is 0 Å². The van der Waals surface area contributed by atoms with Crippen LogP contribution >= 0.6 is 0 Å². The smallest absolute Gasteiger partial charge is 0.319 e. The molecule has 0 saturated carbocycles. The number of nitrogens with zero attached hydrogens (tertiary/aromatic N) is 1. The number of nitrogens with one attached hydrogen (secondary N) is 2. The standard InChI is InChI=1S/C17H25N3O3/c21-9-8-20-6-3-13(4-7-20)12-18-17(22)19-15-1-2-16-14(11-15)5-10-23-16/h1-2,11,13,21H,3-10,12H2,(H2,18,19,22). The van der Waals surface area contributed by atoms with E-state index < -0.39 is 0 Å². The lowest BCUT2D eigenvalue weighted by molar-refractivity contribution is 0.147. The molecule has 0 unspecified atom stereocenters. The van der Waals surface area contributed by atoms with Crippen LogP contribution in [0.2, 0.25) is 0 Å². The van der Waals surface area contributed by atoms with Crippen LogP contribution in [0.3, 0.4) is 0 Å². The third kappa shape index (κ3) is 4.36. The van der Waals surface area contributed by atoms with Crippen molar-refractivity contribution >= 4 is 11.7 Å². The van der Waals surface area contributed by atoms with Crippen molar-refractivity contribution in [2.24, 2.45) is 5.92 Å². The predicted molar refractivity (Wildman–Crippen MR) is 88.9 cm³/mol. The molecule has 2 aliphatic rings. The highest BCUT2D eigenvalue weighted by atomic mass is 16.5. The van der Waals surface area contributed by atoms with E-state index in [-0.39, 0.29) is 12.6 Å². The molecule has 0 bridgehead atoms. The van der Waals surface area contributed by atoms with Crippen LogP contribution in [0.1, 0.15) is 18.4 Å². The van der Waals surface area contributed by atoms with Crippen molar-refractivity contribution < 1.29 is 14.6 Å². The van der Waals surface area contributed by atoms with Crippen LogP contribution in [0.4, 0.5) is 10.5 Å². The van der Waals surface area contributed by atoms with Crippen molar-refractivity contribution in [3.8, 4) is 5.75 Å². The number of likely N-dealkylation sites (tertiary alicyclic amines) is 1. The van der Waals surface area contributed by atoms with Crippen LogP contribution in [0.5, 0.6) is 5.75 Å². The first-order valence-electron chi connectivity index (χ1n) is 8.38. The van der Waals surface area contributed by atoms with Gasteiger partial charge in [-0.05, 0) is 55.6 Å². The Morgan fingerprint density at radius 2 is 2.17 bits per heavy atom. The Bertz CT molecular complexity index is 542. The van der Waals surface area contributed by atoms with E-state index in [1.165, 1.54) is 0 Å². The molecule has 1 saturated heterocycles. The highest BCUT2D eigenvalue weighted by Gasteiger charge is 2.19. The number of anilines is 1. The van der Waals surface area contributed by atoms with Gasteiger partial charge < -0.3 is 25.4 Å². The Labute approximate surface area is 136 Å². The minimum absolute atomic E-state index is 0.151. The molecular weight excluding hydrogens is 294 g/mol. The highest BCUT2D eigenvalue weighted by molar-refractivity contribution is 5.89. The molecule has 3 N–H and O–H groups in total. The fourth-order valence-electron chi connectivity index (χ4n) is 3.23. The summed E-state index contributed by atoms with van der Waals surface area (Å²) in [6.45, 7) is 4.39. The Hall–Kier alpha value is -1.79. The molecule has 1 aromatic carbocycles. The number of amides is 2. The fourth-order valence-corrected chi connectivity index (χ4v) is 3.23. The predicted octanol–water partition coefficient (Wildman–Crippen LogP) is 1.45. The molecule has 126 valence electrons. The summed E-state index contributed by atoms with van der Waals surface area (Å²) < 4.78 is 5.46. The number of benzene rings is 1. The zero-order valence-electron chi connectivity index (χ0n) is 13.4. The maximum atomic E-state index is 12.0. The molecule has 0 spiro atoms. The summed E-state index contributed by atoms with van der Waals surface area (Å²) in [5.41, 5.74) is 1.96. The summed E-state index contributed by atoms with van der Waals surface area (Å²) >= 11 is 0. The minimum Gasteiger partial charge on any atom is -0.493 e. The number of hydrogen-bond acceptors (Lipinski definition) is 4. The number of carbonyl (C=O) groups is 1. The molecule has 0 aromatic heterocycles. The third-order valence-electron chi connectivity index (χ3n) is 4.62. The van der Waals surface area contributed by atoms with Gasteiger partial charge in [-0.2, -0.15) is 0 Å². The Morgan fingerprint density at radius 3 is 2.96 bits per heavy atom.